The minimum atomic E-state index is -0.245. The number of amides is 2. The van der Waals surface area contributed by atoms with Crippen molar-refractivity contribution in [3.63, 3.8) is 0 Å². The maximum Gasteiger partial charge on any atom is 0.243 e. The van der Waals surface area contributed by atoms with Crippen molar-refractivity contribution in [3.05, 3.63) is 53.1 Å². The molecule has 0 aromatic heterocycles. The maximum absolute atomic E-state index is 12.2. The highest BCUT2D eigenvalue weighted by atomic mass is 16.5. The average molecular weight is 414 g/mol. The van der Waals surface area contributed by atoms with Crippen molar-refractivity contribution in [2.24, 2.45) is 0 Å². The number of likely N-dealkylation sites (N-methyl/N-ethyl adjacent to an activating group) is 1. The number of nitrogens with zero attached hydrogens (tertiary/aromatic N) is 1. The number of rotatable bonds is 10. The average Bonchev–Trinajstić information content (AvgIpc) is 2.73. The van der Waals surface area contributed by atoms with Gasteiger partial charge in [0, 0.05) is 12.2 Å². The monoisotopic (exact) mass is 413 g/mol. The number of benzene rings is 2. The summed E-state index contributed by atoms with van der Waals surface area (Å²) in [5.74, 6) is 0.935. The van der Waals surface area contributed by atoms with Gasteiger partial charge < -0.3 is 20.1 Å². The highest BCUT2D eigenvalue weighted by Crippen LogP contribution is 2.27. The van der Waals surface area contributed by atoms with Crippen LogP contribution in [-0.2, 0) is 16.0 Å². The van der Waals surface area contributed by atoms with E-state index in [1.54, 1.807) is 14.2 Å². The van der Waals surface area contributed by atoms with E-state index in [-0.39, 0.29) is 24.9 Å². The van der Waals surface area contributed by atoms with Gasteiger partial charge in [0.1, 0.15) is 0 Å². The molecule has 0 spiro atoms. The molecule has 7 heteroatoms. The van der Waals surface area contributed by atoms with Crippen LogP contribution in [0.15, 0.2) is 36.4 Å². The van der Waals surface area contributed by atoms with Crippen LogP contribution in [0.3, 0.4) is 0 Å². The van der Waals surface area contributed by atoms with Crippen LogP contribution in [-0.4, -0.2) is 57.6 Å². The molecule has 2 N–H and O–H groups in total. The number of methoxy groups -OCH3 is 2. The number of hydrogen-bond donors (Lipinski definition) is 2. The first-order valence-corrected chi connectivity index (χ1v) is 9.86. The van der Waals surface area contributed by atoms with Crippen LogP contribution in [0.1, 0.15) is 16.7 Å². The molecule has 30 heavy (non-hydrogen) atoms. The Labute approximate surface area is 178 Å². The summed E-state index contributed by atoms with van der Waals surface area (Å²) < 4.78 is 10.6. The second-order valence-electron chi connectivity index (χ2n) is 7.25. The van der Waals surface area contributed by atoms with Gasteiger partial charge in [-0.3, -0.25) is 14.5 Å². The number of anilines is 1. The van der Waals surface area contributed by atoms with Crippen molar-refractivity contribution in [3.8, 4) is 11.5 Å². The van der Waals surface area contributed by atoms with Gasteiger partial charge in [0.05, 0.1) is 27.3 Å². The summed E-state index contributed by atoms with van der Waals surface area (Å²) in [7, 11) is 5.08. The molecule has 0 aliphatic carbocycles. The van der Waals surface area contributed by atoms with E-state index in [4.69, 9.17) is 9.47 Å². The molecule has 0 radical (unpaired) electrons. The lowest BCUT2D eigenvalue weighted by Crippen LogP contribution is -2.39. The zero-order chi connectivity index (χ0) is 22.1. The molecule has 0 heterocycles. The molecule has 0 fully saturated rings. The molecule has 7 nitrogen and oxygen atoms in total. The Morgan fingerprint density at radius 3 is 2.43 bits per heavy atom. The SMILES string of the molecule is COc1ccc(CCN(C)CC(=O)NCC(=O)Nc2cccc(C)c2C)cc1OC. The fraction of sp³-hybridized carbons (Fsp3) is 0.391. The Bertz CT molecular complexity index is 883. The molecule has 0 saturated carbocycles. The summed E-state index contributed by atoms with van der Waals surface area (Å²) in [4.78, 5) is 26.2. The standard InChI is InChI=1S/C23H31N3O4/c1-16-7-6-8-19(17(16)2)25-22(27)14-24-23(28)15-26(3)12-11-18-9-10-20(29-4)21(13-18)30-5/h6-10,13H,11-12,14-15H2,1-5H3,(H,24,28)(H,25,27). The maximum atomic E-state index is 12.2. The van der Waals surface area contributed by atoms with Crippen LogP contribution in [0.25, 0.3) is 0 Å². The Kier molecular flexibility index (Phi) is 8.68. The Balaban J connectivity index is 1.75. The topological polar surface area (TPSA) is 79.9 Å². The van der Waals surface area contributed by atoms with E-state index in [9.17, 15) is 9.59 Å². The molecule has 0 atom stereocenters. The van der Waals surface area contributed by atoms with Crippen molar-refractivity contribution in [2.75, 3.05) is 46.2 Å². The first-order chi connectivity index (χ1) is 14.3. The molecule has 2 aromatic carbocycles. The lowest BCUT2D eigenvalue weighted by molar-refractivity contribution is -0.124. The van der Waals surface area contributed by atoms with E-state index < -0.39 is 0 Å². The third kappa shape index (κ3) is 6.77. The molecule has 0 aliphatic heterocycles. The van der Waals surface area contributed by atoms with Crippen LogP contribution in [0.5, 0.6) is 11.5 Å². The first kappa shape index (κ1) is 23.2. The fourth-order valence-electron chi connectivity index (χ4n) is 3.00. The number of hydrogen-bond acceptors (Lipinski definition) is 5. The minimum Gasteiger partial charge on any atom is -0.493 e. The van der Waals surface area contributed by atoms with Gasteiger partial charge in [-0.25, -0.2) is 0 Å². The van der Waals surface area contributed by atoms with Crippen LogP contribution < -0.4 is 20.1 Å². The van der Waals surface area contributed by atoms with E-state index in [2.05, 4.69) is 10.6 Å². The lowest BCUT2D eigenvalue weighted by atomic mass is 10.1. The van der Waals surface area contributed by atoms with E-state index in [1.165, 1.54) is 0 Å². The number of aryl methyl sites for hydroxylation is 1. The quantitative estimate of drug-likeness (QED) is 0.626. The molecule has 0 bridgehead atoms. The molecule has 0 saturated heterocycles. The normalized spacial score (nSPS) is 10.6. The van der Waals surface area contributed by atoms with Gasteiger partial charge in [-0.05, 0) is 62.2 Å². The molecular weight excluding hydrogens is 382 g/mol. The number of ether oxygens (including phenoxy) is 2. The van der Waals surface area contributed by atoms with Crippen molar-refractivity contribution >= 4 is 17.5 Å². The summed E-state index contributed by atoms with van der Waals surface area (Å²) >= 11 is 0. The van der Waals surface area contributed by atoms with Gasteiger partial charge in [-0.2, -0.15) is 0 Å². The van der Waals surface area contributed by atoms with Crippen LogP contribution >= 0.6 is 0 Å². The summed E-state index contributed by atoms with van der Waals surface area (Å²) in [6, 6.07) is 11.5. The van der Waals surface area contributed by atoms with Gasteiger partial charge in [-0.1, -0.05) is 18.2 Å². The zero-order valence-electron chi connectivity index (χ0n) is 18.4. The predicted molar refractivity (Wildman–Crippen MR) is 118 cm³/mol. The van der Waals surface area contributed by atoms with Gasteiger partial charge in [0.2, 0.25) is 11.8 Å². The van der Waals surface area contributed by atoms with Gasteiger partial charge in [-0.15, -0.1) is 0 Å². The second kappa shape index (κ2) is 11.2. The summed E-state index contributed by atoms with van der Waals surface area (Å²) in [5, 5.41) is 5.51. The third-order valence-corrected chi connectivity index (χ3v) is 4.97. The van der Waals surface area contributed by atoms with E-state index in [0.717, 1.165) is 28.8 Å². The molecule has 0 aliphatic rings. The second-order valence-corrected chi connectivity index (χ2v) is 7.25. The van der Waals surface area contributed by atoms with E-state index in [1.807, 2.05) is 62.2 Å². The summed E-state index contributed by atoms with van der Waals surface area (Å²) in [6.07, 6.45) is 0.761. The highest BCUT2D eigenvalue weighted by molar-refractivity contribution is 5.95. The third-order valence-electron chi connectivity index (χ3n) is 4.97. The van der Waals surface area contributed by atoms with Crippen molar-refractivity contribution in [2.45, 2.75) is 20.3 Å². The van der Waals surface area contributed by atoms with Gasteiger partial charge in [0.25, 0.3) is 0 Å². The minimum absolute atomic E-state index is 0.0598. The number of carbonyl (C=O) groups excluding carboxylic acids is 2. The Morgan fingerprint density at radius 1 is 1.00 bits per heavy atom. The van der Waals surface area contributed by atoms with Gasteiger partial charge >= 0.3 is 0 Å². The largest absolute Gasteiger partial charge is 0.493 e. The predicted octanol–water partition coefficient (Wildman–Crippen LogP) is 2.55. The van der Waals surface area contributed by atoms with E-state index >= 15 is 0 Å². The summed E-state index contributed by atoms with van der Waals surface area (Å²) in [6.45, 7) is 4.79. The van der Waals surface area contributed by atoms with Crippen LogP contribution in [0, 0.1) is 13.8 Å². The Hall–Kier alpha value is -3.06. The number of nitrogens with one attached hydrogen (secondary N) is 2. The fourth-order valence-corrected chi connectivity index (χ4v) is 3.00. The molecule has 2 amide bonds. The van der Waals surface area contributed by atoms with E-state index in [0.29, 0.717) is 18.0 Å². The van der Waals surface area contributed by atoms with Crippen molar-refractivity contribution < 1.29 is 19.1 Å². The molecule has 162 valence electrons. The van der Waals surface area contributed by atoms with Gasteiger partial charge in [0.15, 0.2) is 11.5 Å². The Morgan fingerprint density at radius 2 is 1.73 bits per heavy atom. The highest BCUT2D eigenvalue weighted by Gasteiger charge is 2.11. The molecule has 2 rings (SSSR count). The molecular formula is C23H31N3O4. The molecule has 0 unspecified atom stereocenters. The zero-order valence-corrected chi connectivity index (χ0v) is 18.4. The summed E-state index contributed by atoms with van der Waals surface area (Å²) in [5.41, 5.74) is 3.98. The van der Waals surface area contributed by atoms with Crippen molar-refractivity contribution in [1.29, 1.82) is 0 Å². The lowest BCUT2D eigenvalue weighted by Gasteiger charge is -2.17. The number of carbonyl (C=O) groups is 2. The van der Waals surface area contributed by atoms with Crippen LogP contribution in [0.4, 0.5) is 5.69 Å². The smallest absolute Gasteiger partial charge is 0.243 e. The van der Waals surface area contributed by atoms with Crippen molar-refractivity contribution in [1.82, 2.24) is 10.2 Å². The van der Waals surface area contributed by atoms with Crippen LogP contribution in [0.2, 0.25) is 0 Å². The first-order valence-electron chi connectivity index (χ1n) is 9.86. The molecule has 2 aromatic rings.